The van der Waals surface area contributed by atoms with E-state index in [9.17, 15) is 10.2 Å². The number of halogens is 1. The molecule has 0 amide bonds. The van der Waals surface area contributed by atoms with Gasteiger partial charge in [0.25, 0.3) is 0 Å². The third-order valence-corrected chi connectivity index (χ3v) is 3.68. The van der Waals surface area contributed by atoms with Crippen LogP contribution in [0, 0.1) is 6.92 Å². The van der Waals surface area contributed by atoms with Crippen LogP contribution in [0.15, 0.2) is 22.7 Å². The Balaban J connectivity index is 2.51. The lowest BCUT2D eigenvalue weighted by atomic mass is 10.0. The summed E-state index contributed by atoms with van der Waals surface area (Å²) in [6.45, 7) is 3.92. The second-order valence-electron chi connectivity index (χ2n) is 4.17. The van der Waals surface area contributed by atoms with Crippen LogP contribution in [0.25, 0.3) is 0 Å². The highest BCUT2D eigenvalue weighted by molar-refractivity contribution is 9.10. The SMILES string of the molecule is CCC(O)C(O)CCc1ccc(C)c(Br)c1. The third-order valence-electron chi connectivity index (χ3n) is 2.83. The second-order valence-corrected chi connectivity index (χ2v) is 5.02. The van der Waals surface area contributed by atoms with Gasteiger partial charge in [-0.3, -0.25) is 0 Å². The van der Waals surface area contributed by atoms with Gasteiger partial charge in [0.15, 0.2) is 0 Å². The molecule has 0 fully saturated rings. The van der Waals surface area contributed by atoms with Crippen molar-refractivity contribution in [1.29, 1.82) is 0 Å². The maximum atomic E-state index is 9.64. The summed E-state index contributed by atoms with van der Waals surface area (Å²) < 4.78 is 1.09. The summed E-state index contributed by atoms with van der Waals surface area (Å²) in [7, 11) is 0. The zero-order valence-electron chi connectivity index (χ0n) is 9.78. The molecule has 2 atom stereocenters. The smallest absolute Gasteiger partial charge is 0.0802 e. The fourth-order valence-corrected chi connectivity index (χ4v) is 2.00. The Morgan fingerprint density at radius 2 is 1.94 bits per heavy atom. The van der Waals surface area contributed by atoms with Crippen LogP contribution in [-0.2, 0) is 6.42 Å². The topological polar surface area (TPSA) is 40.5 Å². The lowest BCUT2D eigenvalue weighted by Gasteiger charge is -2.16. The van der Waals surface area contributed by atoms with Gasteiger partial charge in [-0.1, -0.05) is 35.0 Å². The monoisotopic (exact) mass is 286 g/mol. The molecule has 1 aromatic carbocycles. The van der Waals surface area contributed by atoms with Gasteiger partial charge in [0.05, 0.1) is 12.2 Å². The fraction of sp³-hybridized carbons (Fsp3) is 0.538. The average molecular weight is 287 g/mol. The predicted molar refractivity (Wildman–Crippen MR) is 69.5 cm³/mol. The van der Waals surface area contributed by atoms with Crippen LogP contribution in [0.1, 0.15) is 30.9 Å². The van der Waals surface area contributed by atoms with Crippen LogP contribution in [0.3, 0.4) is 0 Å². The van der Waals surface area contributed by atoms with Crippen molar-refractivity contribution in [3.8, 4) is 0 Å². The molecule has 2 unspecified atom stereocenters. The van der Waals surface area contributed by atoms with E-state index in [0.717, 1.165) is 10.9 Å². The molecule has 2 nitrogen and oxygen atoms in total. The molecule has 0 aromatic heterocycles. The Kier molecular flexibility index (Phi) is 5.46. The molecular formula is C13H19BrO2. The molecule has 1 aromatic rings. The van der Waals surface area contributed by atoms with Crippen molar-refractivity contribution in [2.45, 2.75) is 45.3 Å². The summed E-state index contributed by atoms with van der Waals surface area (Å²) in [5.74, 6) is 0. The minimum atomic E-state index is -0.620. The quantitative estimate of drug-likeness (QED) is 0.874. The first-order valence-corrected chi connectivity index (χ1v) is 6.45. The van der Waals surface area contributed by atoms with Gasteiger partial charge >= 0.3 is 0 Å². The standard InChI is InChI=1S/C13H19BrO2/c1-3-12(15)13(16)7-6-10-5-4-9(2)11(14)8-10/h4-5,8,12-13,15-16H,3,6-7H2,1-2H3. The van der Waals surface area contributed by atoms with Gasteiger partial charge in [0.1, 0.15) is 0 Å². The molecule has 0 bridgehead atoms. The maximum Gasteiger partial charge on any atom is 0.0802 e. The van der Waals surface area contributed by atoms with Crippen LogP contribution in [0.2, 0.25) is 0 Å². The Labute approximate surface area is 105 Å². The van der Waals surface area contributed by atoms with E-state index in [1.165, 1.54) is 11.1 Å². The van der Waals surface area contributed by atoms with Gasteiger partial charge < -0.3 is 10.2 Å². The largest absolute Gasteiger partial charge is 0.390 e. The number of hydrogen-bond acceptors (Lipinski definition) is 2. The van der Waals surface area contributed by atoms with E-state index in [4.69, 9.17) is 0 Å². The van der Waals surface area contributed by atoms with Crippen LogP contribution in [0.5, 0.6) is 0 Å². The van der Waals surface area contributed by atoms with Crippen molar-refractivity contribution in [3.05, 3.63) is 33.8 Å². The van der Waals surface area contributed by atoms with E-state index >= 15 is 0 Å². The van der Waals surface area contributed by atoms with Crippen molar-refractivity contribution in [2.24, 2.45) is 0 Å². The lowest BCUT2D eigenvalue weighted by molar-refractivity contribution is 0.0130. The molecule has 0 heterocycles. The van der Waals surface area contributed by atoms with Gasteiger partial charge in [0.2, 0.25) is 0 Å². The Bertz CT molecular complexity index is 339. The molecule has 0 aliphatic carbocycles. The van der Waals surface area contributed by atoms with Crippen molar-refractivity contribution in [2.75, 3.05) is 0 Å². The van der Waals surface area contributed by atoms with Crippen molar-refractivity contribution in [1.82, 2.24) is 0 Å². The van der Waals surface area contributed by atoms with E-state index < -0.39 is 12.2 Å². The Hall–Kier alpha value is -0.380. The molecule has 3 heteroatoms. The second kappa shape index (κ2) is 6.38. The summed E-state index contributed by atoms with van der Waals surface area (Å²) in [6, 6.07) is 6.19. The third kappa shape index (κ3) is 3.89. The first-order valence-electron chi connectivity index (χ1n) is 5.65. The van der Waals surface area contributed by atoms with Crippen LogP contribution in [-0.4, -0.2) is 22.4 Å². The number of aliphatic hydroxyl groups excluding tert-OH is 2. The summed E-state index contributed by atoms with van der Waals surface area (Å²) in [4.78, 5) is 0. The molecule has 0 radical (unpaired) electrons. The molecule has 0 spiro atoms. The fourth-order valence-electron chi connectivity index (χ4n) is 1.57. The first-order chi connectivity index (χ1) is 7.54. The Morgan fingerprint density at radius 3 is 2.50 bits per heavy atom. The molecule has 0 aliphatic heterocycles. The van der Waals surface area contributed by atoms with E-state index in [-0.39, 0.29) is 0 Å². The molecule has 0 saturated heterocycles. The van der Waals surface area contributed by atoms with Gasteiger partial charge in [-0.25, -0.2) is 0 Å². The van der Waals surface area contributed by atoms with E-state index in [0.29, 0.717) is 12.8 Å². The zero-order chi connectivity index (χ0) is 12.1. The predicted octanol–water partition coefficient (Wildman–Crippen LogP) is 2.82. The molecule has 0 saturated carbocycles. The van der Waals surface area contributed by atoms with E-state index in [2.05, 4.69) is 34.1 Å². The number of aryl methyl sites for hydroxylation is 2. The molecule has 0 aliphatic rings. The summed E-state index contributed by atoms with van der Waals surface area (Å²) in [5, 5.41) is 19.1. The highest BCUT2D eigenvalue weighted by Gasteiger charge is 2.13. The molecular weight excluding hydrogens is 268 g/mol. The highest BCUT2D eigenvalue weighted by atomic mass is 79.9. The number of hydrogen-bond donors (Lipinski definition) is 2. The van der Waals surface area contributed by atoms with Crippen LogP contribution < -0.4 is 0 Å². The van der Waals surface area contributed by atoms with Crippen LogP contribution in [0.4, 0.5) is 0 Å². The number of benzene rings is 1. The van der Waals surface area contributed by atoms with Gasteiger partial charge in [0, 0.05) is 4.47 Å². The zero-order valence-corrected chi connectivity index (χ0v) is 11.4. The minimum absolute atomic E-state index is 0.596. The van der Waals surface area contributed by atoms with Gasteiger partial charge in [-0.2, -0.15) is 0 Å². The summed E-state index contributed by atoms with van der Waals surface area (Å²) in [6.07, 6.45) is 0.763. The van der Waals surface area contributed by atoms with Crippen LogP contribution >= 0.6 is 15.9 Å². The van der Waals surface area contributed by atoms with Crippen molar-refractivity contribution >= 4 is 15.9 Å². The Morgan fingerprint density at radius 1 is 1.25 bits per heavy atom. The molecule has 1 rings (SSSR count). The molecule has 2 N–H and O–H groups in total. The lowest BCUT2D eigenvalue weighted by Crippen LogP contribution is -2.25. The number of rotatable bonds is 5. The first kappa shape index (κ1) is 13.7. The minimum Gasteiger partial charge on any atom is -0.390 e. The highest BCUT2D eigenvalue weighted by Crippen LogP contribution is 2.19. The van der Waals surface area contributed by atoms with Crippen molar-refractivity contribution < 1.29 is 10.2 Å². The van der Waals surface area contributed by atoms with Crippen molar-refractivity contribution in [3.63, 3.8) is 0 Å². The van der Waals surface area contributed by atoms with E-state index in [1.54, 1.807) is 0 Å². The molecule has 16 heavy (non-hydrogen) atoms. The summed E-state index contributed by atoms with van der Waals surface area (Å²) >= 11 is 3.48. The normalized spacial score (nSPS) is 14.8. The van der Waals surface area contributed by atoms with E-state index in [1.807, 2.05) is 13.8 Å². The average Bonchev–Trinajstić information content (AvgIpc) is 2.29. The molecule has 90 valence electrons. The maximum absolute atomic E-state index is 9.64. The summed E-state index contributed by atoms with van der Waals surface area (Å²) in [5.41, 5.74) is 2.39. The number of aliphatic hydroxyl groups is 2. The van der Waals surface area contributed by atoms with Gasteiger partial charge in [-0.05, 0) is 43.4 Å². The van der Waals surface area contributed by atoms with Gasteiger partial charge in [-0.15, -0.1) is 0 Å².